The molecule has 1 aromatic heterocycles. The molecule has 0 saturated heterocycles. The molecular weight excluding hydrogens is 472 g/mol. The lowest BCUT2D eigenvalue weighted by Gasteiger charge is -2.16. The van der Waals surface area contributed by atoms with Crippen LogP contribution >= 0.6 is 0 Å². The molecule has 0 spiro atoms. The van der Waals surface area contributed by atoms with E-state index >= 15 is 0 Å². The summed E-state index contributed by atoms with van der Waals surface area (Å²) in [5.41, 5.74) is 2.38. The zero-order chi connectivity index (χ0) is 25.2. The molecule has 0 unspecified atom stereocenters. The molecule has 0 atom stereocenters. The third-order valence-electron chi connectivity index (χ3n) is 5.84. The molecule has 0 fully saturated rings. The van der Waals surface area contributed by atoms with Gasteiger partial charge in [0.1, 0.15) is 5.58 Å². The van der Waals surface area contributed by atoms with E-state index in [4.69, 9.17) is 4.42 Å². The summed E-state index contributed by atoms with van der Waals surface area (Å²) in [6, 6.07) is 19.7. The molecule has 0 saturated carbocycles. The zero-order valence-electron chi connectivity index (χ0n) is 19.3. The first-order chi connectivity index (χ1) is 16.6. The first-order valence-electron chi connectivity index (χ1n) is 11.2. The molecule has 1 N–H and O–H groups in total. The van der Waals surface area contributed by atoms with Gasteiger partial charge in [0, 0.05) is 30.0 Å². The third kappa shape index (κ3) is 5.66. The molecule has 1 heterocycles. The van der Waals surface area contributed by atoms with Crippen molar-refractivity contribution in [2.75, 3.05) is 0 Å². The fourth-order valence-corrected chi connectivity index (χ4v) is 4.94. The first kappa shape index (κ1) is 24.8. The number of alkyl halides is 2. The van der Waals surface area contributed by atoms with E-state index in [0.29, 0.717) is 6.42 Å². The Morgan fingerprint density at radius 3 is 2.31 bits per heavy atom. The predicted molar refractivity (Wildman–Crippen MR) is 131 cm³/mol. The minimum Gasteiger partial charge on any atom is -0.423 e. The molecule has 4 aromatic rings. The molecule has 0 bridgehead atoms. The maximum atomic E-state index is 14.5. The number of aryl methyl sites for hydroxylation is 1. The summed E-state index contributed by atoms with van der Waals surface area (Å²) in [6.07, 6.45) is -0.0487. The lowest BCUT2D eigenvalue weighted by Crippen LogP contribution is -2.23. The summed E-state index contributed by atoms with van der Waals surface area (Å²) in [5, 5.41) is 0.188. The number of halogens is 2. The Morgan fingerprint density at radius 2 is 1.63 bits per heavy atom. The highest BCUT2D eigenvalue weighted by atomic mass is 32.2. The van der Waals surface area contributed by atoms with Crippen molar-refractivity contribution in [2.24, 2.45) is 0 Å². The molecule has 4 rings (SSSR count). The molecule has 0 aliphatic heterocycles. The molecule has 8 heteroatoms. The zero-order valence-corrected chi connectivity index (χ0v) is 20.2. The number of benzene rings is 3. The van der Waals surface area contributed by atoms with E-state index in [0.717, 1.165) is 28.3 Å². The lowest BCUT2D eigenvalue weighted by atomic mass is 9.98. The molecule has 35 heavy (non-hydrogen) atoms. The van der Waals surface area contributed by atoms with Crippen LogP contribution in [0.25, 0.3) is 11.0 Å². The van der Waals surface area contributed by atoms with Gasteiger partial charge in [-0.2, -0.15) is 0 Å². The normalized spacial score (nSPS) is 12.2. The van der Waals surface area contributed by atoms with Gasteiger partial charge >= 0.3 is 5.63 Å². The van der Waals surface area contributed by atoms with E-state index in [9.17, 15) is 22.0 Å². The molecule has 182 valence electrons. The summed E-state index contributed by atoms with van der Waals surface area (Å²) in [4.78, 5) is 11.9. The molecule has 0 aliphatic carbocycles. The van der Waals surface area contributed by atoms with Gasteiger partial charge in [0.25, 0.3) is 5.92 Å². The molecular formula is C27H25F2NO4S. The Bertz CT molecular complexity index is 1530. The topological polar surface area (TPSA) is 76.4 Å². The lowest BCUT2D eigenvalue weighted by molar-refractivity contribution is -0.00714. The molecule has 5 nitrogen and oxygen atoms in total. The second-order valence-corrected chi connectivity index (χ2v) is 10.3. The summed E-state index contributed by atoms with van der Waals surface area (Å²) in [5.74, 6) is -3.16. The van der Waals surface area contributed by atoms with Crippen LogP contribution in [0.15, 0.2) is 86.9 Å². The fraction of sp³-hybridized carbons (Fsp3) is 0.222. The van der Waals surface area contributed by atoms with Crippen molar-refractivity contribution in [3.63, 3.8) is 0 Å². The van der Waals surface area contributed by atoms with Gasteiger partial charge in [-0.15, -0.1) is 0 Å². The average molecular weight is 498 g/mol. The van der Waals surface area contributed by atoms with Crippen LogP contribution in [0, 0.1) is 6.92 Å². The number of hydrogen-bond donors (Lipinski definition) is 1. The first-order valence-corrected chi connectivity index (χ1v) is 12.6. The van der Waals surface area contributed by atoms with Crippen molar-refractivity contribution < 1.29 is 21.6 Å². The van der Waals surface area contributed by atoms with Gasteiger partial charge < -0.3 is 4.42 Å². The van der Waals surface area contributed by atoms with Crippen molar-refractivity contribution in [2.45, 2.75) is 44.1 Å². The third-order valence-corrected chi connectivity index (χ3v) is 7.25. The minimum atomic E-state index is -3.69. The van der Waals surface area contributed by atoms with Crippen molar-refractivity contribution in [3.05, 3.63) is 111 Å². The largest absolute Gasteiger partial charge is 0.423 e. The van der Waals surface area contributed by atoms with Crippen LogP contribution < -0.4 is 10.3 Å². The van der Waals surface area contributed by atoms with Crippen molar-refractivity contribution in [1.29, 1.82) is 0 Å². The predicted octanol–water partition coefficient (Wildman–Crippen LogP) is 5.67. The summed E-state index contributed by atoms with van der Waals surface area (Å²) in [6.45, 7) is 3.48. The van der Waals surface area contributed by atoms with Gasteiger partial charge in [0.2, 0.25) is 10.0 Å². The van der Waals surface area contributed by atoms with E-state index in [2.05, 4.69) is 4.72 Å². The number of fused-ring (bicyclic) bond motifs is 1. The van der Waals surface area contributed by atoms with Gasteiger partial charge in [0.05, 0.1) is 4.90 Å². The van der Waals surface area contributed by atoms with Crippen LogP contribution in [0.2, 0.25) is 0 Å². The average Bonchev–Trinajstić information content (AvgIpc) is 2.83. The smallest absolute Gasteiger partial charge is 0.336 e. The van der Waals surface area contributed by atoms with Crippen LogP contribution in [0.4, 0.5) is 8.78 Å². The van der Waals surface area contributed by atoms with Crippen LogP contribution in [0.1, 0.15) is 41.2 Å². The second kappa shape index (κ2) is 9.71. The molecule has 0 aliphatic rings. The summed E-state index contributed by atoms with van der Waals surface area (Å²) in [7, 11) is -3.69. The Balaban J connectivity index is 1.54. The number of hydrogen-bond acceptors (Lipinski definition) is 4. The van der Waals surface area contributed by atoms with Gasteiger partial charge in [-0.3, -0.25) is 0 Å². The Hall–Kier alpha value is -3.36. The van der Waals surface area contributed by atoms with Crippen LogP contribution in [-0.2, 0) is 28.9 Å². The number of nitrogens with one attached hydrogen (secondary N) is 1. The van der Waals surface area contributed by atoms with E-state index in [-0.39, 0.29) is 28.0 Å². The van der Waals surface area contributed by atoms with Gasteiger partial charge in [0.15, 0.2) is 0 Å². The van der Waals surface area contributed by atoms with Crippen LogP contribution in [-0.4, -0.2) is 8.42 Å². The minimum absolute atomic E-state index is 0.102. The summed E-state index contributed by atoms with van der Waals surface area (Å²) < 4.78 is 62.0. The second-order valence-electron chi connectivity index (χ2n) is 8.50. The SMILES string of the molecule is CCC(F)(F)c1cc(=O)oc2ccc(Cc3ccc(S(=O)(=O)NCc4cccc(C)c4)cc3)cc12. The van der Waals surface area contributed by atoms with E-state index in [1.165, 1.54) is 25.1 Å². The monoisotopic (exact) mass is 497 g/mol. The standard InChI is InChI=1S/C27H25F2NO4S/c1-3-27(28,29)24-16-26(31)34-25-12-9-20(15-23(24)25)14-19-7-10-22(11-8-19)35(32,33)30-17-21-6-4-5-18(2)13-21/h4-13,15-16,30H,3,14,17H2,1-2H3. The van der Waals surface area contributed by atoms with Crippen molar-refractivity contribution >= 4 is 21.0 Å². The Morgan fingerprint density at radius 1 is 0.914 bits per heavy atom. The molecule has 3 aromatic carbocycles. The van der Waals surface area contributed by atoms with E-state index in [1.807, 2.05) is 31.2 Å². The maximum Gasteiger partial charge on any atom is 0.336 e. The number of sulfonamides is 1. The van der Waals surface area contributed by atoms with Crippen LogP contribution in [0.5, 0.6) is 0 Å². The van der Waals surface area contributed by atoms with Gasteiger partial charge in [-0.05, 0) is 54.3 Å². The summed E-state index contributed by atoms with van der Waals surface area (Å²) >= 11 is 0. The highest BCUT2D eigenvalue weighted by Gasteiger charge is 2.32. The molecule has 0 radical (unpaired) electrons. The van der Waals surface area contributed by atoms with E-state index < -0.39 is 28.0 Å². The van der Waals surface area contributed by atoms with Crippen molar-refractivity contribution in [3.8, 4) is 0 Å². The quantitative estimate of drug-likeness (QED) is 0.318. The van der Waals surface area contributed by atoms with Gasteiger partial charge in [-0.1, -0.05) is 55.0 Å². The highest BCUT2D eigenvalue weighted by molar-refractivity contribution is 7.89. The number of rotatable bonds is 8. The Kier molecular flexibility index (Phi) is 6.87. The van der Waals surface area contributed by atoms with Crippen LogP contribution in [0.3, 0.4) is 0 Å². The van der Waals surface area contributed by atoms with E-state index in [1.54, 1.807) is 24.3 Å². The van der Waals surface area contributed by atoms with Gasteiger partial charge in [-0.25, -0.2) is 26.7 Å². The van der Waals surface area contributed by atoms with Crippen molar-refractivity contribution in [1.82, 2.24) is 4.72 Å². The Labute approximate surface area is 202 Å². The highest BCUT2D eigenvalue weighted by Crippen LogP contribution is 2.35. The fourth-order valence-electron chi connectivity index (χ4n) is 3.92. The maximum absolute atomic E-state index is 14.5. The molecule has 0 amide bonds.